The van der Waals surface area contributed by atoms with E-state index >= 15 is 0 Å². The number of ether oxygens (including phenoxy) is 1. The molecular formula is C9H18O2. The van der Waals surface area contributed by atoms with E-state index in [1.807, 2.05) is 0 Å². The van der Waals surface area contributed by atoms with Crippen LogP contribution in [0, 0.1) is 5.92 Å². The molecule has 1 aliphatic rings. The SMILES string of the molecule is CCCC[C@@H]1OC(O)C[C@H]1C. The Kier molecular flexibility index (Phi) is 3.34. The van der Waals surface area contributed by atoms with E-state index in [-0.39, 0.29) is 0 Å². The smallest absolute Gasteiger partial charge is 0.155 e. The lowest BCUT2D eigenvalue weighted by atomic mass is 9.99. The summed E-state index contributed by atoms with van der Waals surface area (Å²) in [6.45, 7) is 4.33. The van der Waals surface area contributed by atoms with Crippen molar-refractivity contribution in [3.63, 3.8) is 0 Å². The molecule has 0 aliphatic carbocycles. The van der Waals surface area contributed by atoms with Gasteiger partial charge in [-0.2, -0.15) is 0 Å². The van der Waals surface area contributed by atoms with Crippen LogP contribution < -0.4 is 0 Å². The van der Waals surface area contributed by atoms with E-state index in [1.165, 1.54) is 12.8 Å². The fourth-order valence-corrected chi connectivity index (χ4v) is 1.62. The van der Waals surface area contributed by atoms with E-state index in [0.29, 0.717) is 12.0 Å². The van der Waals surface area contributed by atoms with E-state index in [4.69, 9.17) is 9.84 Å². The Balaban J connectivity index is 2.23. The zero-order valence-corrected chi connectivity index (χ0v) is 7.42. The highest BCUT2D eigenvalue weighted by Crippen LogP contribution is 2.27. The average molecular weight is 158 g/mol. The summed E-state index contributed by atoms with van der Waals surface area (Å²) in [5.41, 5.74) is 0. The molecule has 0 radical (unpaired) electrons. The molecular weight excluding hydrogens is 140 g/mol. The van der Waals surface area contributed by atoms with Crippen molar-refractivity contribution in [3.8, 4) is 0 Å². The summed E-state index contributed by atoms with van der Waals surface area (Å²) in [7, 11) is 0. The number of aliphatic hydroxyl groups is 1. The van der Waals surface area contributed by atoms with Crippen molar-refractivity contribution in [2.75, 3.05) is 0 Å². The Morgan fingerprint density at radius 3 is 2.73 bits per heavy atom. The largest absolute Gasteiger partial charge is 0.368 e. The predicted octanol–water partition coefficient (Wildman–Crippen LogP) is 1.92. The first-order valence-electron chi connectivity index (χ1n) is 4.57. The van der Waals surface area contributed by atoms with Crippen molar-refractivity contribution in [2.45, 2.75) is 51.9 Å². The fourth-order valence-electron chi connectivity index (χ4n) is 1.62. The van der Waals surface area contributed by atoms with Crippen LogP contribution in [0.1, 0.15) is 39.5 Å². The quantitative estimate of drug-likeness (QED) is 0.680. The summed E-state index contributed by atoms with van der Waals surface area (Å²) in [6, 6.07) is 0. The maximum Gasteiger partial charge on any atom is 0.155 e. The van der Waals surface area contributed by atoms with Gasteiger partial charge < -0.3 is 9.84 Å². The molecule has 0 aromatic carbocycles. The molecule has 0 saturated carbocycles. The van der Waals surface area contributed by atoms with Gasteiger partial charge in [0.15, 0.2) is 6.29 Å². The first-order chi connectivity index (χ1) is 5.24. The minimum absolute atomic E-state index is 0.310. The molecule has 11 heavy (non-hydrogen) atoms. The van der Waals surface area contributed by atoms with E-state index in [1.54, 1.807) is 0 Å². The maximum absolute atomic E-state index is 9.15. The average Bonchev–Trinajstić information content (AvgIpc) is 2.26. The summed E-state index contributed by atoms with van der Waals surface area (Å²) in [6.07, 6.45) is 4.16. The van der Waals surface area contributed by atoms with Gasteiger partial charge in [0.1, 0.15) is 0 Å². The lowest BCUT2D eigenvalue weighted by molar-refractivity contribution is -0.0937. The van der Waals surface area contributed by atoms with Gasteiger partial charge in [-0.05, 0) is 12.3 Å². The van der Waals surface area contributed by atoms with Crippen molar-refractivity contribution in [3.05, 3.63) is 0 Å². The highest BCUT2D eigenvalue weighted by Gasteiger charge is 2.29. The Hall–Kier alpha value is -0.0800. The number of aliphatic hydroxyl groups excluding tert-OH is 1. The van der Waals surface area contributed by atoms with Crippen LogP contribution in [0.3, 0.4) is 0 Å². The molecule has 0 spiro atoms. The van der Waals surface area contributed by atoms with Gasteiger partial charge in [-0.3, -0.25) is 0 Å². The number of hydrogen-bond donors (Lipinski definition) is 1. The van der Waals surface area contributed by atoms with Crippen molar-refractivity contribution in [1.82, 2.24) is 0 Å². The van der Waals surface area contributed by atoms with Crippen molar-refractivity contribution in [1.29, 1.82) is 0 Å². The van der Waals surface area contributed by atoms with Crippen LogP contribution in [0.25, 0.3) is 0 Å². The zero-order chi connectivity index (χ0) is 8.27. The van der Waals surface area contributed by atoms with Gasteiger partial charge in [-0.25, -0.2) is 0 Å². The molecule has 1 rings (SSSR count). The van der Waals surface area contributed by atoms with Crippen LogP contribution in [0.4, 0.5) is 0 Å². The molecule has 1 heterocycles. The van der Waals surface area contributed by atoms with Gasteiger partial charge in [0.2, 0.25) is 0 Å². The number of rotatable bonds is 3. The predicted molar refractivity (Wildman–Crippen MR) is 44.2 cm³/mol. The molecule has 0 aromatic rings. The van der Waals surface area contributed by atoms with Gasteiger partial charge >= 0.3 is 0 Å². The van der Waals surface area contributed by atoms with Crippen molar-refractivity contribution in [2.24, 2.45) is 5.92 Å². The third-order valence-electron chi connectivity index (χ3n) is 2.38. The van der Waals surface area contributed by atoms with Crippen LogP contribution in [-0.2, 0) is 4.74 Å². The molecule has 1 N–H and O–H groups in total. The molecule has 0 aromatic heterocycles. The molecule has 2 heteroatoms. The minimum atomic E-state index is -0.494. The molecule has 1 saturated heterocycles. The van der Waals surface area contributed by atoms with Gasteiger partial charge in [-0.15, -0.1) is 0 Å². The molecule has 2 nitrogen and oxygen atoms in total. The van der Waals surface area contributed by atoms with Gasteiger partial charge in [0.05, 0.1) is 6.10 Å². The van der Waals surface area contributed by atoms with Gasteiger partial charge in [0.25, 0.3) is 0 Å². The van der Waals surface area contributed by atoms with E-state index < -0.39 is 6.29 Å². The minimum Gasteiger partial charge on any atom is -0.368 e. The summed E-state index contributed by atoms with van der Waals surface area (Å²) in [4.78, 5) is 0. The highest BCUT2D eigenvalue weighted by atomic mass is 16.6. The molecule has 66 valence electrons. The third-order valence-corrected chi connectivity index (χ3v) is 2.38. The second-order valence-electron chi connectivity index (χ2n) is 3.48. The normalized spacial score (nSPS) is 37.9. The monoisotopic (exact) mass is 158 g/mol. The van der Waals surface area contributed by atoms with Crippen LogP contribution in [0.2, 0.25) is 0 Å². The summed E-state index contributed by atoms with van der Waals surface area (Å²) in [5, 5.41) is 9.15. The molecule has 0 amide bonds. The van der Waals surface area contributed by atoms with Crippen LogP contribution >= 0.6 is 0 Å². The summed E-state index contributed by atoms with van der Waals surface area (Å²) < 4.78 is 5.33. The molecule has 1 unspecified atom stereocenters. The first-order valence-corrected chi connectivity index (χ1v) is 4.57. The Labute approximate surface area is 68.6 Å². The van der Waals surface area contributed by atoms with Gasteiger partial charge in [-0.1, -0.05) is 26.7 Å². The maximum atomic E-state index is 9.15. The van der Waals surface area contributed by atoms with Crippen LogP contribution in [-0.4, -0.2) is 17.5 Å². The summed E-state index contributed by atoms with van der Waals surface area (Å²) in [5.74, 6) is 0.538. The molecule has 0 bridgehead atoms. The Bertz CT molecular complexity index is 114. The number of unbranched alkanes of at least 4 members (excludes halogenated alkanes) is 1. The Morgan fingerprint density at radius 1 is 1.55 bits per heavy atom. The molecule has 1 aliphatic heterocycles. The van der Waals surface area contributed by atoms with E-state index in [9.17, 15) is 0 Å². The number of hydrogen-bond acceptors (Lipinski definition) is 2. The second kappa shape index (κ2) is 4.07. The standard InChI is InChI=1S/C9H18O2/c1-3-4-5-8-7(2)6-9(10)11-8/h7-10H,3-6H2,1-2H3/t7-,8+,9?/m1/s1. The van der Waals surface area contributed by atoms with Crippen LogP contribution in [0.15, 0.2) is 0 Å². The summed E-state index contributed by atoms with van der Waals surface area (Å²) >= 11 is 0. The van der Waals surface area contributed by atoms with E-state index in [0.717, 1.165) is 12.8 Å². The second-order valence-corrected chi connectivity index (χ2v) is 3.48. The van der Waals surface area contributed by atoms with Crippen molar-refractivity contribution >= 4 is 0 Å². The van der Waals surface area contributed by atoms with Crippen molar-refractivity contribution < 1.29 is 9.84 Å². The lowest BCUT2D eigenvalue weighted by Crippen LogP contribution is -2.13. The molecule has 3 atom stereocenters. The topological polar surface area (TPSA) is 29.5 Å². The highest BCUT2D eigenvalue weighted by molar-refractivity contribution is 4.74. The Morgan fingerprint density at radius 2 is 2.27 bits per heavy atom. The van der Waals surface area contributed by atoms with Gasteiger partial charge in [0, 0.05) is 6.42 Å². The first kappa shape index (κ1) is 9.01. The fraction of sp³-hybridized carbons (Fsp3) is 1.00. The zero-order valence-electron chi connectivity index (χ0n) is 7.42. The third kappa shape index (κ3) is 2.46. The van der Waals surface area contributed by atoms with Crippen LogP contribution in [0.5, 0.6) is 0 Å². The van der Waals surface area contributed by atoms with E-state index in [2.05, 4.69) is 13.8 Å². The lowest BCUT2D eigenvalue weighted by Gasteiger charge is -2.12. The molecule has 1 fully saturated rings.